The molecule has 1 rings (SSSR count). The minimum absolute atomic E-state index is 0.124. The minimum atomic E-state index is 0.124. The number of hydrogen-bond donors (Lipinski definition) is 1. The van der Waals surface area contributed by atoms with Crippen LogP contribution >= 0.6 is 23.2 Å². The summed E-state index contributed by atoms with van der Waals surface area (Å²) in [5.74, 6) is 0.566. The van der Waals surface area contributed by atoms with Crippen molar-refractivity contribution < 1.29 is 0 Å². The molecule has 0 fully saturated rings. The van der Waals surface area contributed by atoms with Crippen molar-refractivity contribution in [1.82, 2.24) is 9.97 Å². The maximum atomic E-state index is 6.02. The van der Waals surface area contributed by atoms with Crippen LogP contribution in [0.15, 0.2) is 12.4 Å². The van der Waals surface area contributed by atoms with Crippen molar-refractivity contribution in [2.45, 2.75) is 25.1 Å². The molecule has 78 valence electrons. The first kappa shape index (κ1) is 11.5. The fourth-order valence-electron chi connectivity index (χ4n) is 1.02. The Kier molecular flexibility index (Phi) is 4.98. The van der Waals surface area contributed by atoms with Crippen LogP contribution in [0.2, 0.25) is 5.02 Å². The van der Waals surface area contributed by atoms with Gasteiger partial charge in [0.05, 0.1) is 22.8 Å². The predicted molar refractivity (Wildman–Crippen MR) is 60.1 cm³/mol. The minimum Gasteiger partial charge on any atom is -0.353 e. The number of anilines is 1. The largest absolute Gasteiger partial charge is 0.353 e. The molecule has 1 atom stereocenters. The summed E-state index contributed by atoms with van der Waals surface area (Å²) in [6, 6.07) is 0. The van der Waals surface area contributed by atoms with Crippen LogP contribution in [-0.2, 0) is 0 Å². The lowest BCUT2D eigenvalue weighted by atomic mass is 10.2. The molecule has 0 radical (unpaired) electrons. The molecule has 1 N–H and O–H groups in total. The first-order valence-electron chi connectivity index (χ1n) is 4.58. The number of aromatic nitrogens is 2. The summed E-state index contributed by atoms with van der Waals surface area (Å²) in [5.41, 5.74) is 0. The first-order valence-corrected chi connectivity index (χ1v) is 5.39. The third-order valence-corrected chi connectivity index (χ3v) is 2.27. The Bertz CT molecular complexity index is 263. The Morgan fingerprint density at radius 3 is 2.64 bits per heavy atom. The fourth-order valence-corrected chi connectivity index (χ4v) is 1.41. The third-order valence-electron chi connectivity index (χ3n) is 1.70. The molecule has 1 aromatic rings. The molecule has 0 bridgehead atoms. The van der Waals surface area contributed by atoms with E-state index in [4.69, 9.17) is 23.2 Å². The number of nitrogens with zero attached hydrogens (tertiary/aromatic N) is 2. The predicted octanol–water partition coefficient (Wildman–Crippen LogP) is 2.95. The van der Waals surface area contributed by atoms with Gasteiger partial charge >= 0.3 is 0 Å². The van der Waals surface area contributed by atoms with Gasteiger partial charge in [0.15, 0.2) is 0 Å². The van der Waals surface area contributed by atoms with Crippen molar-refractivity contribution in [3.63, 3.8) is 0 Å². The van der Waals surface area contributed by atoms with Gasteiger partial charge in [0.25, 0.3) is 0 Å². The number of alkyl halides is 1. The maximum Gasteiger partial charge on any atom is 0.222 e. The maximum absolute atomic E-state index is 6.02. The van der Waals surface area contributed by atoms with Gasteiger partial charge in [-0.1, -0.05) is 24.9 Å². The van der Waals surface area contributed by atoms with E-state index in [1.54, 1.807) is 12.4 Å². The van der Waals surface area contributed by atoms with E-state index in [2.05, 4.69) is 22.2 Å². The molecule has 1 heterocycles. The summed E-state index contributed by atoms with van der Waals surface area (Å²) in [7, 11) is 0. The van der Waals surface area contributed by atoms with Crippen molar-refractivity contribution in [1.29, 1.82) is 0 Å². The smallest absolute Gasteiger partial charge is 0.222 e. The normalized spacial score (nSPS) is 12.5. The van der Waals surface area contributed by atoms with E-state index in [1.165, 1.54) is 0 Å². The molecule has 1 unspecified atom stereocenters. The Morgan fingerprint density at radius 1 is 1.43 bits per heavy atom. The summed E-state index contributed by atoms with van der Waals surface area (Å²) < 4.78 is 0. The molecular formula is C9H13Cl2N3. The van der Waals surface area contributed by atoms with Crippen molar-refractivity contribution >= 4 is 29.2 Å². The van der Waals surface area contributed by atoms with Gasteiger partial charge in [0, 0.05) is 6.54 Å². The van der Waals surface area contributed by atoms with E-state index in [1.807, 2.05) is 0 Å². The van der Waals surface area contributed by atoms with Gasteiger partial charge < -0.3 is 5.32 Å². The van der Waals surface area contributed by atoms with Crippen LogP contribution < -0.4 is 5.32 Å². The van der Waals surface area contributed by atoms with Crippen molar-refractivity contribution in [2.24, 2.45) is 0 Å². The topological polar surface area (TPSA) is 37.8 Å². The van der Waals surface area contributed by atoms with E-state index >= 15 is 0 Å². The van der Waals surface area contributed by atoms with E-state index in [0.29, 0.717) is 17.5 Å². The number of halogens is 2. The van der Waals surface area contributed by atoms with Gasteiger partial charge in [0.1, 0.15) is 0 Å². The standard InChI is InChI=1S/C9H13Cl2N3/c1-2-3-7(10)4-12-9-13-5-8(11)6-14-9/h5-7H,2-4H2,1H3,(H,12,13,14). The summed E-state index contributed by atoms with van der Waals surface area (Å²) >= 11 is 11.7. The molecule has 0 aromatic carbocycles. The van der Waals surface area contributed by atoms with Gasteiger partial charge in [-0.2, -0.15) is 0 Å². The lowest BCUT2D eigenvalue weighted by Crippen LogP contribution is -2.15. The molecule has 3 nitrogen and oxygen atoms in total. The highest BCUT2D eigenvalue weighted by molar-refractivity contribution is 6.30. The summed E-state index contributed by atoms with van der Waals surface area (Å²) in [4.78, 5) is 8.00. The van der Waals surface area contributed by atoms with Crippen LogP contribution in [0.3, 0.4) is 0 Å². The van der Waals surface area contributed by atoms with Crippen LogP contribution in [0.25, 0.3) is 0 Å². The second-order valence-corrected chi connectivity index (χ2v) is 4.05. The van der Waals surface area contributed by atoms with Crippen LogP contribution in [0.5, 0.6) is 0 Å². The average molecular weight is 234 g/mol. The molecule has 0 aliphatic heterocycles. The molecular weight excluding hydrogens is 221 g/mol. The zero-order valence-electron chi connectivity index (χ0n) is 8.00. The van der Waals surface area contributed by atoms with Gasteiger partial charge in [-0.05, 0) is 6.42 Å². The lowest BCUT2D eigenvalue weighted by Gasteiger charge is -2.08. The lowest BCUT2D eigenvalue weighted by molar-refractivity contribution is 0.748. The van der Waals surface area contributed by atoms with Crippen LogP contribution in [-0.4, -0.2) is 21.9 Å². The van der Waals surface area contributed by atoms with Crippen molar-refractivity contribution in [3.05, 3.63) is 17.4 Å². The highest BCUT2D eigenvalue weighted by atomic mass is 35.5. The fraction of sp³-hybridized carbons (Fsp3) is 0.556. The molecule has 5 heteroatoms. The summed E-state index contributed by atoms with van der Waals surface area (Å²) in [5, 5.41) is 3.70. The Morgan fingerprint density at radius 2 is 2.07 bits per heavy atom. The highest BCUT2D eigenvalue weighted by Gasteiger charge is 2.03. The van der Waals surface area contributed by atoms with Crippen molar-refractivity contribution in [3.8, 4) is 0 Å². The quantitative estimate of drug-likeness (QED) is 0.796. The Balaban J connectivity index is 2.34. The molecule has 0 aliphatic carbocycles. The van der Waals surface area contributed by atoms with Gasteiger partial charge in [-0.25, -0.2) is 9.97 Å². The average Bonchev–Trinajstić information content (AvgIpc) is 2.17. The Hall–Kier alpha value is -0.540. The molecule has 14 heavy (non-hydrogen) atoms. The summed E-state index contributed by atoms with van der Waals surface area (Å²) in [6.07, 6.45) is 5.18. The van der Waals surface area contributed by atoms with Gasteiger partial charge in [-0.15, -0.1) is 11.6 Å². The van der Waals surface area contributed by atoms with Crippen molar-refractivity contribution in [2.75, 3.05) is 11.9 Å². The van der Waals surface area contributed by atoms with E-state index < -0.39 is 0 Å². The zero-order valence-corrected chi connectivity index (χ0v) is 9.52. The Labute approximate surface area is 93.9 Å². The number of rotatable bonds is 5. The number of nitrogens with one attached hydrogen (secondary N) is 1. The van der Waals surface area contributed by atoms with Crippen LogP contribution in [0.1, 0.15) is 19.8 Å². The second kappa shape index (κ2) is 6.04. The molecule has 0 amide bonds. The van der Waals surface area contributed by atoms with E-state index in [0.717, 1.165) is 12.8 Å². The molecule has 0 saturated carbocycles. The number of hydrogen-bond acceptors (Lipinski definition) is 3. The zero-order chi connectivity index (χ0) is 10.4. The van der Waals surface area contributed by atoms with Gasteiger partial charge in [-0.3, -0.25) is 0 Å². The van der Waals surface area contributed by atoms with Crippen LogP contribution in [0.4, 0.5) is 5.95 Å². The second-order valence-electron chi connectivity index (χ2n) is 2.99. The molecule has 0 spiro atoms. The first-order chi connectivity index (χ1) is 6.72. The van der Waals surface area contributed by atoms with Gasteiger partial charge in [0.2, 0.25) is 5.95 Å². The highest BCUT2D eigenvalue weighted by Crippen LogP contribution is 2.08. The third kappa shape index (κ3) is 4.11. The SMILES string of the molecule is CCCC(Cl)CNc1ncc(Cl)cn1. The monoisotopic (exact) mass is 233 g/mol. The molecule has 0 saturated heterocycles. The van der Waals surface area contributed by atoms with Crippen LogP contribution in [0, 0.1) is 0 Å². The summed E-state index contributed by atoms with van der Waals surface area (Å²) in [6.45, 7) is 2.78. The molecule has 1 aromatic heterocycles. The molecule has 0 aliphatic rings. The van der Waals surface area contributed by atoms with E-state index in [-0.39, 0.29) is 5.38 Å². The van der Waals surface area contributed by atoms with E-state index in [9.17, 15) is 0 Å².